The molecule has 1 atom stereocenters. The number of nitrogens with one attached hydrogen (secondary N) is 1. The van der Waals surface area contributed by atoms with Crippen LogP contribution in [0.3, 0.4) is 0 Å². The predicted octanol–water partition coefficient (Wildman–Crippen LogP) is 2.32. The first-order valence-electron chi connectivity index (χ1n) is 10.3. The summed E-state index contributed by atoms with van der Waals surface area (Å²) in [7, 11) is -0.731. The lowest BCUT2D eigenvalue weighted by atomic mass is 10.1. The van der Waals surface area contributed by atoms with Crippen molar-refractivity contribution in [3.05, 3.63) is 59.7 Å². The van der Waals surface area contributed by atoms with Crippen molar-refractivity contribution in [1.29, 1.82) is 0 Å². The standard InChI is InChI=1S/C23H31N3O5S/c1-6-21(23(28)24-3)25(15-18-9-7-17(2)8-10-18)22(27)16-26(32(5,29)30)19-11-13-20(31-4)14-12-19/h7-14,21H,6,15-16H2,1-5H3,(H,24,28)/t21-/m0/s1. The largest absolute Gasteiger partial charge is 0.497 e. The zero-order valence-electron chi connectivity index (χ0n) is 19.2. The second-order valence-corrected chi connectivity index (χ2v) is 9.42. The van der Waals surface area contributed by atoms with E-state index in [1.807, 2.05) is 38.1 Å². The SMILES string of the molecule is CC[C@@H](C(=O)NC)N(Cc1ccc(C)cc1)C(=O)CN(c1ccc(OC)cc1)S(C)(=O)=O. The fraction of sp³-hybridized carbons (Fsp3) is 0.391. The van der Waals surface area contributed by atoms with E-state index < -0.39 is 28.5 Å². The number of likely N-dealkylation sites (N-methyl/N-ethyl adjacent to an activating group) is 1. The van der Waals surface area contributed by atoms with Gasteiger partial charge in [0.2, 0.25) is 21.8 Å². The van der Waals surface area contributed by atoms with Crippen LogP contribution in [-0.2, 0) is 26.2 Å². The van der Waals surface area contributed by atoms with Crippen molar-refractivity contribution in [2.24, 2.45) is 0 Å². The molecule has 2 aromatic carbocycles. The van der Waals surface area contributed by atoms with Gasteiger partial charge in [-0.25, -0.2) is 8.42 Å². The smallest absolute Gasteiger partial charge is 0.244 e. The zero-order valence-corrected chi connectivity index (χ0v) is 20.0. The van der Waals surface area contributed by atoms with E-state index in [1.54, 1.807) is 24.3 Å². The van der Waals surface area contributed by atoms with Crippen LogP contribution in [0, 0.1) is 6.92 Å². The Hall–Kier alpha value is -3.07. The van der Waals surface area contributed by atoms with Crippen molar-refractivity contribution in [3.8, 4) is 5.75 Å². The number of ether oxygens (including phenoxy) is 1. The summed E-state index contributed by atoms with van der Waals surface area (Å²) in [6.45, 7) is 3.54. The molecule has 174 valence electrons. The molecular weight excluding hydrogens is 430 g/mol. The number of aryl methyl sites for hydroxylation is 1. The Morgan fingerprint density at radius 1 is 1.06 bits per heavy atom. The number of sulfonamides is 1. The van der Waals surface area contributed by atoms with E-state index in [0.29, 0.717) is 17.9 Å². The second-order valence-electron chi connectivity index (χ2n) is 7.51. The van der Waals surface area contributed by atoms with E-state index in [2.05, 4.69) is 5.32 Å². The van der Waals surface area contributed by atoms with E-state index in [4.69, 9.17) is 4.74 Å². The molecule has 0 aliphatic carbocycles. The Kier molecular flexibility index (Phi) is 8.65. The molecule has 0 aliphatic rings. The molecule has 0 aromatic heterocycles. The predicted molar refractivity (Wildman–Crippen MR) is 125 cm³/mol. The molecule has 0 aliphatic heterocycles. The number of anilines is 1. The molecule has 0 heterocycles. The Balaban J connectivity index is 2.39. The van der Waals surface area contributed by atoms with Gasteiger partial charge in [0.05, 0.1) is 19.1 Å². The zero-order chi connectivity index (χ0) is 23.9. The van der Waals surface area contributed by atoms with Crippen LogP contribution in [-0.4, -0.2) is 58.1 Å². The van der Waals surface area contributed by atoms with Gasteiger partial charge in [0.25, 0.3) is 0 Å². The van der Waals surface area contributed by atoms with E-state index >= 15 is 0 Å². The maximum absolute atomic E-state index is 13.4. The van der Waals surface area contributed by atoms with Crippen molar-refractivity contribution in [3.63, 3.8) is 0 Å². The highest BCUT2D eigenvalue weighted by molar-refractivity contribution is 7.92. The summed E-state index contributed by atoms with van der Waals surface area (Å²) in [5.74, 6) is -0.203. The summed E-state index contributed by atoms with van der Waals surface area (Å²) < 4.78 is 31.2. The van der Waals surface area contributed by atoms with E-state index in [-0.39, 0.29) is 12.5 Å². The van der Waals surface area contributed by atoms with Crippen molar-refractivity contribution in [1.82, 2.24) is 10.2 Å². The molecule has 8 nitrogen and oxygen atoms in total. The van der Waals surface area contributed by atoms with Gasteiger partial charge in [-0.05, 0) is 43.2 Å². The summed E-state index contributed by atoms with van der Waals surface area (Å²) >= 11 is 0. The number of amides is 2. The molecule has 9 heteroatoms. The molecule has 0 unspecified atom stereocenters. The van der Waals surface area contributed by atoms with Crippen LogP contribution in [0.1, 0.15) is 24.5 Å². The molecule has 0 saturated heterocycles. The molecule has 0 bridgehead atoms. The Morgan fingerprint density at radius 2 is 1.66 bits per heavy atom. The Labute approximate surface area is 190 Å². The summed E-state index contributed by atoms with van der Waals surface area (Å²) in [4.78, 5) is 27.3. The average Bonchev–Trinajstić information content (AvgIpc) is 2.77. The van der Waals surface area contributed by atoms with Gasteiger partial charge in [-0.15, -0.1) is 0 Å². The Bertz CT molecular complexity index is 1020. The fourth-order valence-corrected chi connectivity index (χ4v) is 4.19. The number of hydrogen-bond acceptors (Lipinski definition) is 5. The first-order valence-corrected chi connectivity index (χ1v) is 12.1. The molecule has 0 radical (unpaired) electrons. The highest BCUT2D eigenvalue weighted by atomic mass is 32.2. The minimum atomic E-state index is -3.76. The van der Waals surface area contributed by atoms with Gasteiger partial charge < -0.3 is 15.0 Å². The van der Waals surface area contributed by atoms with E-state index in [0.717, 1.165) is 21.7 Å². The minimum Gasteiger partial charge on any atom is -0.497 e. The lowest BCUT2D eigenvalue weighted by Gasteiger charge is -2.32. The Morgan fingerprint density at radius 3 is 2.12 bits per heavy atom. The van der Waals surface area contributed by atoms with Gasteiger partial charge in [-0.1, -0.05) is 36.8 Å². The van der Waals surface area contributed by atoms with Gasteiger partial charge in [0.15, 0.2) is 0 Å². The van der Waals surface area contributed by atoms with Crippen LogP contribution in [0.4, 0.5) is 5.69 Å². The summed E-state index contributed by atoms with van der Waals surface area (Å²) in [6.07, 6.45) is 1.43. The van der Waals surface area contributed by atoms with Crippen LogP contribution >= 0.6 is 0 Å². The van der Waals surface area contributed by atoms with Crippen LogP contribution in [0.15, 0.2) is 48.5 Å². The quantitative estimate of drug-likeness (QED) is 0.586. The van der Waals surface area contributed by atoms with Gasteiger partial charge in [0, 0.05) is 13.6 Å². The molecule has 2 rings (SSSR count). The van der Waals surface area contributed by atoms with Crippen molar-refractivity contribution < 1.29 is 22.7 Å². The number of rotatable bonds is 10. The fourth-order valence-electron chi connectivity index (χ4n) is 3.34. The molecule has 2 amide bonds. The molecule has 32 heavy (non-hydrogen) atoms. The minimum absolute atomic E-state index is 0.186. The summed E-state index contributed by atoms with van der Waals surface area (Å²) in [6, 6.07) is 13.3. The highest BCUT2D eigenvalue weighted by Crippen LogP contribution is 2.22. The number of methoxy groups -OCH3 is 1. The summed E-state index contributed by atoms with van der Waals surface area (Å²) in [5, 5.41) is 2.60. The lowest BCUT2D eigenvalue weighted by Crippen LogP contribution is -2.51. The molecular formula is C23H31N3O5S. The van der Waals surface area contributed by atoms with E-state index in [1.165, 1.54) is 19.1 Å². The molecule has 2 aromatic rings. The summed E-state index contributed by atoms with van der Waals surface area (Å²) in [5.41, 5.74) is 2.26. The number of nitrogens with zero attached hydrogens (tertiary/aromatic N) is 2. The maximum Gasteiger partial charge on any atom is 0.244 e. The van der Waals surface area contributed by atoms with Crippen LogP contribution in [0.5, 0.6) is 5.75 Å². The van der Waals surface area contributed by atoms with Crippen LogP contribution in [0.25, 0.3) is 0 Å². The normalized spacial score (nSPS) is 12.0. The van der Waals surface area contributed by atoms with Crippen molar-refractivity contribution in [2.75, 3.05) is 31.3 Å². The number of benzene rings is 2. The monoisotopic (exact) mass is 461 g/mol. The highest BCUT2D eigenvalue weighted by Gasteiger charge is 2.31. The topological polar surface area (TPSA) is 96.0 Å². The van der Waals surface area contributed by atoms with Gasteiger partial charge in [0.1, 0.15) is 18.3 Å². The van der Waals surface area contributed by atoms with Gasteiger partial charge in [-0.3, -0.25) is 13.9 Å². The van der Waals surface area contributed by atoms with Crippen molar-refractivity contribution in [2.45, 2.75) is 32.9 Å². The van der Waals surface area contributed by atoms with Crippen LogP contribution in [0.2, 0.25) is 0 Å². The first-order chi connectivity index (χ1) is 15.1. The molecule has 0 fully saturated rings. The molecule has 1 N–H and O–H groups in total. The number of carbonyl (C=O) groups excluding carboxylic acids is 2. The number of carbonyl (C=O) groups is 2. The third-order valence-electron chi connectivity index (χ3n) is 5.15. The average molecular weight is 462 g/mol. The second kappa shape index (κ2) is 11.0. The van der Waals surface area contributed by atoms with Gasteiger partial charge in [-0.2, -0.15) is 0 Å². The van der Waals surface area contributed by atoms with Crippen molar-refractivity contribution >= 4 is 27.5 Å². The third kappa shape index (κ3) is 6.46. The molecule has 0 spiro atoms. The first kappa shape index (κ1) is 25.2. The third-order valence-corrected chi connectivity index (χ3v) is 6.29. The van der Waals surface area contributed by atoms with Crippen LogP contribution < -0.4 is 14.4 Å². The number of hydrogen-bond donors (Lipinski definition) is 1. The van der Waals surface area contributed by atoms with Gasteiger partial charge >= 0.3 is 0 Å². The lowest BCUT2D eigenvalue weighted by molar-refractivity contribution is -0.140. The maximum atomic E-state index is 13.4. The molecule has 0 saturated carbocycles. The van der Waals surface area contributed by atoms with E-state index in [9.17, 15) is 18.0 Å².